The molecular weight excluding hydrogens is 342 g/mol. The number of aromatic nitrogens is 3. The lowest BCUT2D eigenvalue weighted by Gasteiger charge is -2.40. The van der Waals surface area contributed by atoms with Crippen molar-refractivity contribution in [3.8, 4) is 0 Å². The number of pyridine rings is 1. The summed E-state index contributed by atoms with van der Waals surface area (Å²) in [6, 6.07) is 5.32. The van der Waals surface area contributed by atoms with E-state index in [2.05, 4.69) is 25.6 Å². The molecule has 2 amide bonds. The molecule has 0 saturated heterocycles. The van der Waals surface area contributed by atoms with Crippen molar-refractivity contribution in [2.24, 2.45) is 0 Å². The highest BCUT2D eigenvalue weighted by Gasteiger charge is 2.52. The van der Waals surface area contributed by atoms with Gasteiger partial charge in [0.05, 0.1) is 11.9 Å². The number of nitrogens with zero attached hydrogens (tertiary/aromatic N) is 3. The number of hydrogen-bond donors (Lipinski definition) is 2. The molecule has 2 aromatic rings. The van der Waals surface area contributed by atoms with Gasteiger partial charge in [-0.25, -0.2) is 4.98 Å². The Morgan fingerprint density at radius 2 is 1.67 bits per heavy atom. The molecule has 2 aliphatic carbocycles. The van der Waals surface area contributed by atoms with E-state index in [-0.39, 0.29) is 22.9 Å². The summed E-state index contributed by atoms with van der Waals surface area (Å²) in [4.78, 5) is 37.8. The van der Waals surface area contributed by atoms with Crippen LogP contribution in [-0.2, 0) is 0 Å². The van der Waals surface area contributed by atoms with Crippen molar-refractivity contribution in [1.29, 1.82) is 0 Å². The second kappa shape index (κ2) is 6.72. The first kappa shape index (κ1) is 17.6. The highest BCUT2D eigenvalue weighted by atomic mass is 16.2. The smallest absolute Gasteiger partial charge is 0.271 e. The molecule has 2 saturated carbocycles. The molecule has 7 heteroatoms. The Hall–Kier alpha value is -2.83. The van der Waals surface area contributed by atoms with Crippen LogP contribution < -0.4 is 10.6 Å². The first-order chi connectivity index (χ1) is 13.0. The lowest BCUT2D eigenvalue weighted by molar-refractivity contribution is 0.0826. The number of carbonyl (C=O) groups excluding carboxylic acids is 2. The number of amides is 2. The van der Waals surface area contributed by atoms with E-state index >= 15 is 0 Å². The number of hydrogen-bond acceptors (Lipinski definition) is 5. The lowest BCUT2D eigenvalue weighted by Crippen LogP contribution is -2.55. The van der Waals surface area contributed by atoms with E-state index in [1.54, 1.807) is 24.5 Å². The van der Waals surface area contributed by atoms with E-state index in [9.17, 15) is 9.59 Å². The maximum absolute atomic E-state index is 12.7. The van der Waals surface area contributed by atoms with Gasteiger partial charge in [0.25, 0.3) is 11.8 Å². The SMILES string of the molecule is Cc1cncc(C(=O)N[C@]23CCC[C@](NC(=O)c4ccccn4)(CC2)C3)n1. The molecule has 2 heterocycles. The lowest BCUT2D eigenvalue weighted by atomic mass is 9.78. The van der Waals surface area contributed by atoms with E-state index < -0.39 is 0 Å². The van der Waals surface area contributed by atoms with Gasteiger partial charge in [-0.2, -0.15) is 0 Å². The minimum Gasteiger partial charge on any atom is -0.345 e. The monoisotopic (exact) mass is 365 g/mol. The van der Waals surface area contributed by atoms with Crippen LogP contribution in [0.5, 0.6) is 0 Å². The van der Waals surface area contributed by atoms with Crippen LogP contribution in [0.2, 0.25) is 0 Å². The normalized spacial score (nSPS) is 26.4. The van der Waals surface area contributed by atoms with Crippen molar-refractivity contribution in [3.05, 3.63) is 53.9 Å². The third-order valence-corrected chi connectivity index (χ3v) is 5.71. The molecule has 0 aromatic carbocycles. The summed E-state index contributed by atoms with van der Waals surface area (Å²) in [5, 5.41) is 6.40. The molecule has 2 fully saturated rings. The van der Waals surface area contributed by atoms with Crippen LogP contribution in [-0.4, -0.2) is 37.8 Å². The molecule has 2 aromatic heterocycles. The van der Waals surface area contributed by atoms with Gasteiger partial charge in [-0.05, 0) is 57.6 Å². The first-order valence-corrected chi connectivity index (χ1v) is 9.34. The van der Waals surface area contributed by atoms with Gasteiger partial charge < -0.3 is 10.6 Å². The Kier molecular flexibility index (Phi) is 4.37. The topological polar surface area (TPSA) is 96.9 Å². The summed E-state index contributed by atoms with van der Waals surface area (Å²) in [5.74, 6) is -0.343. The van der Waals surface area contributed by atoms with E-state index in [4.69, 9.17) is 0 Å². The summed E-state index contributed by atoms with van der Waals surface area (Å²) in [6.45, 7) is 1.82. The third-order valence-electron chi connectivity index (χ3n) is 5.71. The van der Waals surface area contributed by atoms with Crippen LogP contribution >= 0.6 is 0 Å². The summed E-state index contributed by atoms with van der Waals surface area (Å²) < 4.78 is 0. The number of nitrogens with one attached hydrogen (secondary N) is 2. The molecule has 7 nitrogen and oxygen atoms in total. The summed E-state index contributed by atoms with van der Waals surface area (Å²) in [7, 11) is 0. The molecule has 140 valence electrons. The number of rotatable bonds is 4. The molecule has 2 aliphatic rings. The number of aryl methyl sites for hydroxylation is 1. The highest BCUT2D eigenvalue weighted by molar-refractivity contribution is 5.93. The molecule has 0 aliphatic heterocycles. The Balaban J connectivity index is 1.48. The first-order valence-electron chi connectivity index (χ1n) is 9.34. The predicted molar refractivity (Wildman–Crippen MR) is 99.1 cm³/mol. The van der Waals surface area contributed by atoms with Crippen LogP contribution in [0.25, 0.3) is 0 Å². The number of fused-ring (bicyclic) bond motifs is 2. The summed E-state index contributed by atoms with van der Waals surface area (Å²) in [5.41, 5.74) is 0.905. The second-order valence-electron chi connectivity index (χ2n) is 7.76. The Morgan fingerprint density at radius 1 is 0.963 bits per heavy atom. The molecule has 0 spiro atoms. The number of carbonyl (C=O) groups is 2. The Morgan fingerprint density at radius 3 is 2.30 bits per heavy atom. The maximum Gasteiger partial charge on any atom is 0.271 e. The minimum atomic E-state index is -0.293. The minimum absolute atomic E-state index is 0.149. The van der Waals surface area contributed by atoms with Gasteiger partial charge in [0.1, 0.15) is 11.4 Å². The van der Waals surface area contributed by atoms with Crippen molar-refractivity contribution in [3.63, 3.8) is 0 Å². The fraction of sp³-hybridized carbons (Fsp3) is 0.450. The fourth-order valence-corrected chi connectivity index (χ4v) is 4.51. The van der Waals surface area contributed by atoms with Crippen molar-refractivity contribution in [1.82, 2.24) is 25.6 Å². The third kappa shape index (κ3) is 3.54. The predicted octanol–water partition coefficient (Wildman–Crippen LogP) is 2.19. The van der Waals surface area contributed by atoms with Crippen molar-refractivity contribution in [2.75, 3.05) is 0 Å². The zero-order valence-electron chi connectivity index (χ0n) is 15.4. The van der Waals surface area contributed by atoms with Crippen LogP contribution in [0.3, 0.4) is 0 Å². The Bertz CT molecular complexity index is 872. The zero-order valence-corrected chi connectivity index (χ0v) is 15.4. The molecule has 2 N–H and O–H groups in total. The van der Waals surface area contributed by atoms with Crippen molar-refractivity contribution in [2.45, 2.75) is 56.5 Å². The quantitative estimate of drug-likeness (QED) is 0.866. The molecule has 0 unspecified atom stereocenters. The van der Waals surface area contributed by atoms with Crippen LogP contribution in [0.15, 0.2) is 36.8 Å². The van der Waals surface area contributed by atoms with Gasteiger partial charge in [0.2, 0.25) is 0 Å². The van der Waals surface area contributed by atoms with Gasteiger partial charge in [-0.15, -0.1) is 0 Å². The maximum atomic E-state index is 12.7. The molecule has 2 atom stereocenters. The summed E-state index contributed by atoms with van der Waals surface area (Å²) in [6.07, 6.45) is 9.98. The largest absolute Gasteiger partial charge is 0.345 e. The van der Waals surface area contributed by atoms with Crippen molar-refractivity contribution >= 4 is 11.8 Å². The average Bonchev–Trinajstić information content (AvgIpc) is 2.92. The van der Waals surface area contributed by atoms with Gasteiger partial charge >= 0.3 is 0 Å². The Labute approximate surface area is 158 Å². The van der Waals surface area contributed by atoms with E-state index in [0.717, 1.165) is 38.5 Å². The van der Waals surface area contributed by atoms with E-state index in [1.807, 2.05) is 13.0 Å². The fourth-order valence-electron chi connectivity index (χ4n) is 4.51. The molecule has 27 heavy (non-hydrogen) atoms. The average molecular weight is 365 g/mol. The standard InChI is InChI=1S/C20H23N5O2/c1-14-11-21-12-16(23-14)18(27)25-20-7-4-6-19(13-20,8-9-20)24-17(26)15-5-2-3-10-22-15/h2-3,5,10-12H,4,6-9,13H2,1H3,(H,24,26)(H,25,27)/t19-,20+/m0/s1. The van der Waals surface area contributed by atoms with E-state index in [0.29, 0.717) is 17.1 Å². The van der Waals surface area contributed by atoms with Crippen LogP contribution in [0.4, 0.5) is 0 Å². The summed E-state index contributed by atoms with van der Waals surface area (Å²) >= 11 is 0. The molecule has 4 rings (SSSR count). The van der Waals surface area contributed by atoms with Gasteiger partial charge in [-0.1, -0.05) is 6.07 Å². The molecule has 2 bridgehead atoms. The van der Waals surface area contributed by atoms with Gasteiger partial charge in [0, 0.05) is 23.5 Å². The second-order valence-corrected chi connectivity index (χ2v) is 7.76. The van der Waals surface area contributed by atoms with E-state index in [1.165, 1.54) is 6.20 Å². The van der Waals surface area contributed by atoms with Crippen LogP contribution in [0.1, 0.15) is 65.2 Å². The molecule has 0 radical (unpaired) electrons. The van der Waals surface area contributed by atoms with Crippen LogP contribution in [0, 0.1) is 6.92 Å². The van der Waals surface area contributed by atoms with Gasteiger partial charge in [-0.3, -0.25) is 19.6 Å². The zero-order chi connectivity index (χ0) is 18.9. The van der Waals surface area contributed by atoms with Gasteiger partial charge in [0.15, 0.2) is 0 Å². The highest BCUT2D eigenvalue weighted by Crippen LogP contribution is 2.48. The van der Waals surface area contributed by atoms with Crippen molar-refractivity contribution < 1.29 is 9.59 Å². The molecular formula is C20H23N5O2.